The first-order valence-corrected chi connectivity index (χ1v) is 6.22. The second-order valence-corrected chi connectivity index (χ2v) is 7.45. The standard InChI is InChI=1S/C11H17BrO/c12-11-4-8-1-9(5-11)3-10(2-8,6-11)7-13/h8-9,13H,1-7H2/t8-,9-,10?,11?/m1/s1. The summed E-state index contributed by atoms with van der Waals surface area (Å²) in [4.78, 5) is 0. The van der Waals surface area contributed by atoms with Crippen molar-refractivity contribution in [2.75, 3.05) is 6.61 Å². The lowest BCUT2D eigenvalue weighted by Gasteiger charge is -2.59. The van der Waals surface area contributed by atoms with Gasteiger partial charge >= 0.3 is 0 Å². The fourth-order valence-corrected chi connectivity index (χ4v) is 6.03. The number of rotatable bonds is 1. The van der Waals surface area contributed by atoms with Crippen molar-refractivity contribution in [3.63, 3.8) is 0 Å². The van der Waals surface area contributed by atoms with Crippen LogP contribution in [0.1, 0.15) is 38.5 Å². The van der Waals surface area contributed by atoms with Gasteiger partial charge in [-0.05, 0) is 55.8 Å². The molecule has 0 radical (unpaired) electrons. The van der Waals surface area contributed by atoms with E-state index in [0.717, 1.165) is 11.8 Å². The van der Waals surface area contributed by atoms with E-state index in [1.807, 2.05) is 0 Å². The van der Waals surface area contributed by atoms with Gasteiger partial charge in [0.2, 0.25) is 0 Å². The zero-order valence-corrected chi connectivity index (χ0v) is 9.52. The maximum absolute atomic E-state index is 9.53. The molecule has 4 aliphatic carbocycles. The van der Waals surface area contributed by atoms with Crippen molar-refractivity contribution in [2.45, 2.75) is 42.8 Å². The predicted octanol–water partition coefficient (Wildman–Crippen LogP) is 2.71. The maximum atomic E-state index is 9.53. The summed E-state index contributed by atoms with van der Waals surface area (Å²) in [7, 11) is 0. The predicted molar refractivity (Wildman–Crippen MR) is 55.9 cm³/mol. The van der Waals surface area contributed by atoms with E-state index >= 15 is 0 Å². The van der Waals surface area contributed by atoms with Crippen molar-refractivity contribution in [3.05, 3.63) is 0 Å². The number of halogens is 1. The molecule has 4 bridgehead atoms. The minimum absolute atomic E-state index is 0.313. The van der Waals surface area contributed by atoms with Crippen molar-refractivity contribution in [3.8, 4) is 0 Å². The number of hydrogen-bond donors (Lipinski definition) is 1. The molecule has 0 heterocycles. The molecule has 0 aliphatic heterocycles. The average molecular weight is 245 g/mol. The van der Waals surface area contributed by atoms with Gasteiger partial charge in [0.1, 0.15) is 0 Å². The van der Waals surface area contributed by atoms with E-state index in [2.05, 4.69) is 15.9 Å². The summed E-state index contributed by atoms with van der Waals surface area (Å²) in [5, 5.41) is 9.53. The van der Waals surface area contributed by atoms with Crippen LogP contribution in [0.4, 0.5) is 0 Å². The van der Waals surface area contributed by atoms with Crippen LogP contribution in [0.25, 0.3) is 0 Å². The molecule has 13 heavy (non-hydrogen) atoms. The fraction of sp³-hybridized carbons (Fsp3) is 1.00. The highest BCUT2D eigenvalue weighted by atomic mass is 79.9. The first-order chi connectivity index (χ1) is 6.13. The van der Waals surface area contributed by atoms with E-state index in [4.69, 9.17) is 0 Å². The Morgan fingerprint density at radius 1 is 1.15 bits per heavy atom. The van der Waals surface area contributed by atoms with Gasteiger partial charge in [0.15, 0.2) is 0 Å². The fourth-order valence-electron chi connectivity index (χ4n) is 4.52. The van der Waals surface area contributed by atoms with Gasteiger partial charge in [-0.1, -0.05) is 15.9 Å². The summed E-state index contributed by atoms with van der Waals surface area (Å²) >= 11 is 3.92. The summed E-state index contributed by atoms with van der Waals surface area (Å²) in [5.74, 6) is 1.82. The molecule has 0 spiro atoms. The summed E-state index contributed by atoms with van der Waals surface area (Å²) < 4.78 is 0.416. The second-order valence-electron chi connectivity index (χ2n) is 5.77. The van der Waals surface area contributed by atoms with E-state index in [9.17, 15) is 5.11 Å². The van der Waals surface area contributed by atoms with Gasteiger partial charge in [0, 0.05) is 10.9 Å². The SMILES string of the molecule is OCC12C[C@H]3C[C@@H](CC(Br)(C3)C1)C2. The number of hydrogen-bond acceptors (Lipinski definition) is 1. The Kier molecular flexibility index (Phi) is 1.69. The molecule has 2 atom stereocenters. The molecule has 2 heteroatoms. The molecule has 1 N–H and O–H groups in total. The summed E-state index contributed by atoms with van der Waals surface area (Å²) in [6.07, 6.45) is 8.00. The summed E-state index contributed by atoms with van der Waals surface area (Å²) in [6.45, 7) is 0.424. The number of alkyl halides is 1. The number of aliphatic hydroxyl groups is 1. The van der Waals surface area contributed by atoms with Gasteiger partial charge in [-0.25, -0.2) is 0 Å². The van der Waals surface area contributed by atoms with E-state index in [-0.39, 0.29) is 0 Å². The van der Waals surface area contributed by atoms with Crippen LogP contribution in [0.15, 0.2) is 0 Å². The molecule has 4 rings (SSSR count). The Morgan fingerprint density at radius 2 is 1.77 bits per heavy atom. The van der Waals surface area contributed by atoms with Crippen molar-refractivity contribution in [1.82, 2.24) is 0 Å². The van der Waals surface area contributed by atoms with Gasteiger partial charge in [0.25, 0.3) is 0 Å². The molecule has 0 unspecified atom stereocenters. The molecule has 0 amide bonds. The van der Waals surface area contributed by atoms with Crippen LogP contribution < -0.4 is 0 Å². The van der Waals surface area contributed by atoms with Crippen LogP contribution in [-0.4, -0.2) is 16.0 Å². The average Bonchev–Trinajstić information content (AvgIpc) is 1.99. The molecular weight excluding hydrogens is 228 g/mol. The topological polar surface area (TPSA) is 20.2 Å². The minimum Gasteiger partial charge on any atom is -0.396 e. The van der Waals surface area contributed by atoms with Crippen LogP contribution in [0.5, 0.6) is 0 Å². The second kappa shape index (κ2) is 2.52. The quantitative estimate of drug-likeness (QED) is 0.704. The molecule has 0 aromatic heterocycles. The molecule has 4 saturated carbocycles. The van der Waals surface area contributed by atoms with Crippen molar-refractivity contribution < 1.29 is 5.11 Å². The third kappa shape index (κ3) is 1.21. The lowest BCUT2D eigenvalue weighted by Crippen LogP contribution is -2.54. The van der Waals surface area contributed by atoms with Crippen LogP contribution >= 0.6 is 15.9 Å². The number of aliphatic hydroxyl groups excluding tert-OH is 1. The highest BCUT2D eigenvalue weighted by Crippen LogP contribution is 2.64. The molecule has 4 fully saturated rings. The molecule has 0 saturated heterocycles. The van der Waals surface area contributed by atoms with Crippen molar-refractivity contribution in [1.29, 1.82) is 0 Å². The Morgan fingerprint density at radius 3 is 2.23 bits per heavy atom. The molecular formula is C11H17BrO. The van der Waals surface area contributed by atoms with Crippen LogP contribution in [0.3, 0.4) is 0 Å². The molecule has 0 aromatic rings. The van der Waals surface area contributed by atoms with Gasteiger partial charge in [-0.3, -0.25) is 0 Å². The van der Waals surface area contributed by atoms with Crippen LogP contribution in [0, 0.1) is 17.3 Å². The first-order valence-electron chi connectivity index (χ1n) is 5.43. The van der Waals surface area contributed by atoms with Gasteiger partial charge in [0.05, 0.1) is 0 Å². The van der Waals surface area contributed by atoms with E-state index < -0.39 is 0 Å². The Hall–Kier alpha value is 0.440. The van der Waals surface area contributed by atoms with Crippen LogP contribution in [-0.2, 0) is 0 Å². The first kappa shape index (κ1) is 8.72. The normalized spacial score (nSPS) is 58.6. The Labute approximate surface area is 88.0 Å². The van der Waals surface area contributed by atoms with E-state index in [0.29, 0.717) is 16.3 Å². The lowest BCUT2D eigenvalue weighted by atomic mass is 9.50. The maximum Gasteiger partial charge on any atom is 0.0488 e. The minimum atomic E-state index is 0.313. The molecule has 74 valence electrons. The molecule has 4 aliphatic rings. The largest absolute Gasteiger partial charge is 0.396 e. The molecule has 0 aromatic carbocycles. The van der Waals surface area contributed by atoms with Crippen molar-refractivity contribution >= 4 is 15.9 Å². The molecule has 1 nitrogen and oxygen atoms in total. The van der Waals surface area contributed by atoms with Crippen molar-refractivity contribution in [2.24, 2.45) is 17.3 Å². The highest BCUT2D eigenvalue weighted by Gasteiger charge is 2.56. The van der Waals surface area contributed by atoms with Crippen LogP contribution in [0.2, 0.25) is 0 Å². The Bertz CT molecular complexity index is 224. The zero-order chi connectivity index (χ0) is 9.10. The smallest absolute Gasteiger partial charge is 0.0488 e. The van der Waals surface area contributed by atoms with Gasteiger partial charge in [-0.2, -0.15) is 0 Å². The zero-order valence-electron chi connectivity index (χ0n) is 7.93. The third-order valence-electron chi connectivity index (χ3n) is 4.45. The third-order valence-corrected chi connectivity index (χ3v) is 5.37. The lowest BCUT2D eigenvalue weighted by molar-refractivity contribution is -0.0651. The monoisotopic (exact) mass is 244 g/mol. The van der Waals surface area contributed by atoms with E-state index in [1.54, 1.807) is 0 Å². The van der Waals surface area contributed by atoms with Gasteiger partial charge in [-0.15, -0.1) is 0 Å². The Balaban J connectivity index is 1.95. The summed E-state index contributed by atoms with van der Waals surface area (Å²) in [5.41, 5.74) is 0.313. The highest BCUT2D eigenvalue weighted by molar-refractivity contribution is 9.10. The van der Waals surface area contributed by atoms with E-state index in [1.165, 1.54) is 38.5 Å². The summed E-state index contributed by atoms with van der Waals surface area (Å²) in [6, 6.07) is 0. The van der Waals surface area contributed by atoms with Gasteiger partial charge < -0.3 is 5.11 Å².